The van der Waals surface area contributed by atoms with E-state index in [0.29, 0.717) is 36.1 Å². The average Bonchev–Trinajstić information content (AvgIpc) is 3.36. The molecule has 0 N–H and O–H groups in total. The number of aromatic nitrogens is 2. The fraction of sp³-hybridized carbons (Fsp3) is 0.500. The largest absolute Gasteiger partial charge is 0.342 e. The summed E-state index contributed by atoms with van der Waals surface area (Å²) in [6, 6.07) is 21.1. The van der Waals surface area contributed by atoms with Crippen LogP contribution in [0, 0.1) is 17.3 Å². The van der Waals surface area contributed by atoms with Crippen LogP contribution in [0.3, 0.4) is 0 Å². The van der Waals surface area contributed by atoms with Crippen molar-refractivity contribution in [2.24, 2.45) is 17.3 Å². The number of hydrogen-bond acceptors (Lipinski definition) is 4. The molecule has 0 unspecified atom stereocenters. The van der Waals surface area contributed by atoms with Gasteiger partial charge in [-0.3, -0.25) is 9.59 Å². The molecule has 4 fully saturated rings. The van der Waals surface area contributed by atoms with Gasteiger partial charge < -0.3 is 14.7 Å². The Bertz CT molecular complexity index is 1340. The zero-order valence-electron chi connectivity index (χ0n) is 23.9. The second-order valence-corrected chi connectivity index (χ2v) is 12.9. The van der Waals surface area contributed by atoms with Crippen molar-refractivity contribution in [2.75, 3.05) is 39.3 Å². The van der Waals surface area contributed by atoms with Gasteiger partial charge in [-0.25, -0.2) is 4.68 Å². The topological polar surface area (TPSA) is 61.7 Å². The van der Waals surface area contributed by atoms with Crippen molar-refractivity contribution in [1.29, 1.82) is 0 Å². The van der Waals surface area contributed by atoms with Gasteiger partial charge in [0.05, 0.1) is 11.1 Å². The predicted molar refractivity (Wildman–Crippen MR) is 158 cm³/mol. The number of nitrogens with zero attached hydrogens (tertiary/aromatic N) is 5. The summed E-state index contributed by atoms with van der Waals surface area (Å²) in [5.74, 6) is 2.14. The van der Waals surface area contributed by atoms with E-state index in [1.165, 1.54) is 18.4 Å². The molecule has 2 aromatic carbocycles. The van der Waals surface area contributed by atoms with Gasteiger partial charge in [-0.2, -0.15) is 5.10 Å². The zero-order valence-corrected chi connectivity index (χ0v) is 23.9. The standard InChI is InChI=1S/C34H41N5O2/c40-32(21-26-7-8-26)38-24-29(31(25-38)28-5-2-1-3-6-28)23-36-18-13-34(14-19-36)15-20-37(33(34)41)22-27-9-11-30(12-10-27)39-17-4-16-35-39/h1-6,9-12,16-17,26,29,31H,7-8,13-15,18-25H2/t29-,31+/m0/s1. The van der Waals surface area contributed by atoms with Gasteiger partial charge in [0.25, 0.3) is 0 Å². The lowest BCUT2D eigenvalue weighted by Crippen LogP contribution is -2.46. The van der Waals surface area contributed by atoms with E-state index < -0.39 is 0 Å². The Morgan fingerprint density at radius 1 is 0.902 bits per heavy atom. The minimum Gasteiger partial charge on any atom is -0.342 e. The molecular weight excluding hydrogens is 510 g/mol. The highest BCUT2D eigenvalue weighted by atomic mass is 16.2. The van der Waals surface area contributed by atoms with Gasteiger partial charge in [-0.05, 0) is 86.4 Å². The van der Waals surface area contributed by atoms with Gasteiger partial charge in [-0.15, -0.1) is 0 Å². The van der Waals surface area contributed by atoms with Crippen LogP contribution in [0.5, 0.6) is 0 Å². The lowest BCUT2D eigenvalue weighted by molar-refractivity contribution is -0.139. The van der Waals surface area contributed by atoms with Crippen LogP contribution in [-0.4, -0.2) is 75.6 Å². The summed E-state index contributed by atoms with van der Waals surface area (Å²) in [4.78, 5) is 33.5. The summed E-state index contributed by atoms with van der Waals surface area (Å²) < 4.78 is 1.85. The number of rotatable bonds is 8. The summed E-state index contributed by atoms with van der Waals surface area (Å²) >= 11 is 0. The third-order valence-electron chi connectivity index (χ3n) is 10.2. The number of likely N-dealkylation sites (tertiary alicyclic amines) is 3. The van der Waals surface area contributed by atoms with E-state index in [0.717, 1.165) is 76.2 Å². The molecule has 2 atom stereocenters. The van der Waals surface area contributed by atoms with Crippen molar-refractivity contribution in [3.63, 3.8) is 0 Å². The Kier molecular flexibility index (Phi) is 7.15. The minimum absolute atomic E-state index is 0.202. The maximum absolute atomic E-state index is 13.7. The highest BCUT2D eigenvalue weighted by Gasteiger charge is 2.48. The van der Waals surface area contributed by atoms with E-state index in [-0.39, 0.29) is 5.41 Å². The van der Waals surface area contributed by atoms with Crippen LogP contribution < -0.4 is 0 Å². The average molecular weight is 552 g/mol. The van der Waals surface area contributed by atoms with Crippen molar-refractivity contribution in [3.8, 4) is 5.69 Å². The summed E-state index contributed by atoms with van der Waals surface area (Å²) in [7, 11) is 0. The number of carbonyl (C=O) groups excluding carboxylic acids is 2. The molecule has 3 aliphatic heterocycles. The number of carbonyl (C=O) groups is 2. The minimum atomic E-state index is -0.202. The summed E-state index contributed by atoms with van der Waals surface area (Å²) in [5.41, 5.74) is 3.35. The first-order valence-corrected chi connectivity index (χ1v) is 15.5. The Balaban J connectivity index is 0.957. The summed E-state index contributed by atoms with van der Waals surface area (Å²) in [6.07, 6.45) is 9.72. The maximum atomic E-state index is 13.7. The van der Waals surface area contributed by atoms with Crippen molar-refractivity contribution in [3.05, 3.63) is 84.2 Å². The van der Waals surface area contributed by atoms with E-state index in [1.54, 1.807) is 6.20 Å². The SMILES string of the molecule is O=C(CC1CC1)N1C[C@H](CN2CCC3(CC2)CCN(Cc2ccc(-n4cccn4)cc2)C3=O)[C@@H](c2ccccc2)C1. The van der Waals surface area contributed by atoms with Crippen LogP contribution in [0.1, 0.15) is 55.6 Å². The van der Waals surface area contributed by atoms with Gasteiger partial charge in [0.1, 0.15) is 0 Å². The first kappa shape index (κ1) is 26.4. The van der Waals surface area contributed by atoms with E-state index >= 15 is 0 Å². The van der Waals surface area contributed by atoms with Crippen LogP contribution in [0.15, 0.2) is 73.1 Å². The molecule has 1 aliphatic carbocycles. The molecule has 1 aromatic heterocycles. The molecule has 1 saturated carbocycles. The zero-order chi connectivity index (χ0) is 27.8. The van der Waals surface area contributed by atoms with E-state index in [4.69, 9.17) is 0 Å². The molecule has 2 amide bonds. The van der Waals surface area contributed by atoms with Gasteiger partial charge >= 0.3 is 0 Å². The van der Waals surface area contributed by atoms with Crippen LogP contribution in [-0.2, 0) is 16.1 Å². The molecule has 41 heavy (non-hydrogen) atoms. The molecule has 7 rings (SSSR count). The van der Waals surface area contributed by atoms with Crippen LogP contribution in [0.4, 0.5) is 0 Å². The normalized spacial score (nSPS) is 24.4. The first-order chi connectivity index (χ1) is 20.1. The highest BCUT2D eigenvalue weighted by Crippen LogP contribution is 2.43. The molecule has 4 heterocycles. The smallest absolute Gasteiger partial charge is 0.229 e. The Hall–Kier alpha value is -3.45. The molecule has 4 aliphatic rings. The lowest BCUT2D eigenvalue weighted by Gasteiger charge is -2.39. The lowest BCUT2D eigenvalue weighted by atomic mass is 9.76. The Labute approximate surface area is 243 Å². The van der Waals surface area contributed by atoms with Crippen molar-refractivity contribution >= 4 is 11.8 Å². The third kappa shape index (κ3) is 5.56. The molecule has 1 spiro atoms. The number of hydrogen-bond donors (Lipinski definition) is 0. The maximum Gasteiger partial charge on any atom is 0.229 e. The fourth-order valence-corrected chi connectivity index (χ4v) is 7.43. The van der Waals surface area contributed by atoms with Crippen molar-refractivity contribution in [2.45, 2.75) is 51.0 Å². The van der Waals surface area contributed by atoms with Gasteiger partial charge in [0, 0.05) is 57.5 Å². The fourth-order valence-electron chi connectivity index (χ4n) is 7.43. The van der Waals surface area contributed by atoms with Gasteiger partial charge in [0.15, 0.2) is 0 Å². The second-order valence-electron chi connectivity index (χ2n) is 12.9. The second kappa shape index (κ2) is 11.1. The Morgan fingerprint density at radius 2 is 1.66 bits per heavy atom. The van der Waals surface area contributed by atoms with Gasteiger partial charge in [0.2, 0.25) is 11.8 Å². The van der Waals surface area contributed by atoms with E-state index in [9.17, 15) is 9.59 Å². The highest BCUT2D eigenvalue weighted by molar-refractivity contribution is 5.85. The molecule has 3 aromatic rings. The predicted octanol–water partition coefficient (Wildman–Crippen LogP) is 4.73. The number of amides is 2. The molecule has 0 bridgehead atoms. The monoisotopic (exact) mass is 551 g/mol. The van der Waals surface area contributed by atoms with Crippen LogP contribution >= 0.6 is 0 Å². The third-order valence-corrected chi connectivity index (χ3v) is 10.2. The van der Waals surface area contributed by atoms with E-state index in [2.05, 4.69) is 74.4 Å². The van der Waals surface area contributed by atoms with Crippen LogP contribution in [0.2, 0.25) is 0 Å². The number of piperidine rings is 1. The molecule has 0 radical (unpaired) electrons. The first-order valence-electron chi connectivity index (χ1n) is 15.5. The molecule has 214 valence electrons. The van der Waals surface area contributed by atoms with Crippen molar-refractivity contribution in [1.82, 2.24) is 24.5 Å². The van der Waals surface area contributed by atoms with Crippen LogP contribution in [0.25, 0.3) is 5.69 Å². The van der Waals surface area contributed by atoms with Gasteiger partial charge in [-0.1, -0.05) is 42.5 Å². The molecule has 3 saturated heterocycles. The quantitative estimate of drug-likeness (QED) is 0.406. The van der Waals surface area contributed by atoms with Crippen molar-refractivity contribution < 1.29 is 9.59 Å². The number of benzene rings is 2. The molecule has 7 heteroatoms. The Morgan fingerprint density at radius 3 is 2.37 bits per heavy atom. The summed E-state index contributed by atoms with van der Waals surface area (Å²) in [5, 5.41) is 4.30. The molecular formula is C34H41N5O2. The molecule has 7 nitrogen and oxygen atoms in total. The van der Waals surface area contributed by atoms with E-state index in [1.807, 2.05) is 16.9 Å². The summed E-state index contributed by atoms with van der Waals surface area (Å²) in [6.45, 7) is 6.15.